The summed E-state index contributed by atoms with van der Waals surface area (Å²) in [4.78, 5) is 19.0. The highest BCUT2D eigenvalue weighted by Gasteiger charge is 2.21. The summed E-state index contributed by atoms with van der Waals surface area (Å²) in [6, 6.07) is 3.83. The Morgan fingerprint density at radius 2 is 2.50 bits per heavy atom. The molecule has 0 fully saturated rings. The van der Waals surface area contributed by atoms with E-state index in [1.165, 1.54) is 11.3 Å². The van der Waals surface area contributed by atoms with Gasteiger partial charge in [-0.2, -0.15) is 0 Å². The van der Waals surface area contributed by atoms with Gasteiger partial charge in [0.15, 0.2) is 0 Å². The fraction of sp³-hybridized carbons (Fsp3) is 0.200. The van der Waals surface area contributed by atoms with Crippen LogP contribution in [0.5, 0.6) is 0 Å². The number of carboxylic acids is 1. The third kappa shape index (κ3) is 2.51. The highest BCUT2D eigenvalue weighted by atomic mass is 79.9. The van der Waals surface area contributed by atoms with Gasteiger partial charge in [-0.1, -0.05) is 6.07 Å². The van der Waals surface area contributed by atoms with Crippen LogP contribution in [0.4, 0.5) is 0 Å². The molecular formula is C10H9BrN2O2S. The summed E-state index contributed by atoms with van der Waals surface area (Å²) in [6.07, 6.45) is 1.68. The van der Waals surface area contributed by atoms with Gasteiger partial charge in [-0.15, -0.1) is 11.3 Å². The Labute approximate surface area is 104 Å². The number of nitrogens with zero attached hydrogens (tertiary/aromatic N) is 1. The summed E-state index contributed by atoms with van der Waals surface area (Å²) in [7, 11) is 0. The van der Waals surface area contributed by atoms with Gasteiger partial charge in [-0.05, 0) is 27.4 Å². The molecule has 2 rings (SSSR count). The van der Waals surface area contributed by atoms with Crippen molar-refractivity contribution in [1.29, 1.82) is 0 Å². The molecule has 2 aromatic rings. The van der Waals surface area contributed by atoms with Crippen molar-refractivity contribution in [2.45, 2.75) is 12.3 Å². The van der Waals surface area contributed by atoms with E-state index in [4.69, 9.17) is 5.11 Å². The lowest BCUT2D eigenvalue weighted by Crippen LogP contribution is -2.08. The number of H-pyrrole nitrogens is 1. The molecule has 0 aliphatic rings. The van der Waals surface area contributed by atoms with Crippen LogP contribution in [0.1, 0.15) is 23.0 Å². The van der Waals surface area contributed by atoms with Crippen LogP contribution in [-0.4, -0.2) is 21.0 Å². The van der Waals surface area contributed by atoms with Crippen LogP contribution in [0, 0.1) is 0 Å². The number of carbonyl (C=O) groups is 1. The number of nitrogens with one attached hydrogen (secondary N) is 1. The molecule has 0 saturated heterocycles. The minimum atomic E-state index is -0.828. The standard InChI is InChI=1S/C10H9BrN2O2S/c11-8-5-12-10(13-8)6(4-9(14)15)7-2-1-3-16-7/h1-3,5-6H,4H2,(H,12,13)(H,14,15). The third-order valence-electron chi connectivity index (χ3n) is 2.16. The minimum Gasteiger partial charge on any atom is -0.481 e. The SMILES string of the molecule is O=C(O)CC(c1ncc(Br)[nH]1)c1cccs1. The fourth-order valence-corrected chi connectivity index (χ4v) is 2.62. The molecule has 0 bridgehead atoms. The normalized spacial score (nSPS) is 12.6. The van der Waals surface area contributed by atoms with Gasteiger partial charge >= 0.3 is 5.97 Å². The number of aromatic amines is 1. The number of aromatic nitrogens is 2. The molecule has 0 spiro atoms. The summed E-state index contributed by atoms with van der Waals surface area (Å²) >= 11 is 4.81. The summed E-state index contributed by atoms with van der Waals surface area (Å²) in [6.45, 7) is 0. The average molecular weight is 301 g/mol. The lowest BCUT2D eigenvalue weighted by molar-refractivity contribution is -0.137. The molecular weight excluding hydrogens is 292 g/mol. The number of imidazole rings is 1. The van der Waals surface area contributed by atoms with E-state index in [1.807, 2.05) is 17.5 Å². The maximum Gasteiger partial charge on any atom is 0.304 e. The van der Waals surface area contributed by atoms with Gasteiger partial charge in [-0.25, -0.2) is 4.98 Å². The van der Waals surface area contributed by atoms with Crippen LogP contribution in [-0.2, 0) is 4.79 Å². The molecule has 2 N–H and O–H groups in total. The number of halogens is 1. The van der Waals surface area contributed by atoms with Gasteiger partial charge in [-0.3, -0.25) is 4.79 Å². The van der Waals surface area contributed by atoms with Crippen LogP contribution in [0.2, 0.25) is 0 Å². The van der Waals surface area contributed by atoms with Crippen molar-refractivity contribution in [1.82, 2.24) is 9.97 Å². The van der Waals surface area contributed by atoms with Crippen LogP contribution in [0.3, 0.4) is 0 Å². The van der Waals surface area contributed by atoms with Gasteiger partial charge in [0, 0.05) is 4.88 Å². The first-order valence-corrected chi connectivity index (χ1v) is 6.29. The minimum absolute atomic E-state index is 0.0421. The molecule has 0 radical (unpaired) electrons. The quantitative estimate of drug-likeness (QED) is 0.912. The molecule has 2 heterocycles. The van der Waals surface area contributed by atoms with Crippen LogP contribution < -0.4 is 0 Å². The number of carboxylic acid groups (broad SMARTS) is 1. The van der Waals surface area contributed by atoms with Crippen molar-refractivity contribution in [3.63, 3.8) is 0 Å². The summed E-state index contributed by atoms with van der Waals surface area (Å²) < 4.78 is 0.759. The van der Waals surface area contributed by atoms with Gasteiger partial charge < -0.3 is 10.1 Å². The first-order chi connectivity index (χ1) is 7.66. The Morgan fingerprint density at radius 3 is 3.00 bits per heavy atom. The molecule has 0 aliphatic carbocycles. The van der Waals surface area contributed by atoms with Crippen molar-refractivity contribution in [3.05, 3.63) is 39.0 Å². The number of hydrogen-bond acceptors (Lipinski definition) is 3. The highest BCUT2D eigenvalue weighted by Crippen LogP contribution is 2.29. The zero-order chi connectivity index (χ0) is 11.5. The summed E-state index contributed by atoms with van der Waals surface area (Å²) in [5.74, 6) is -0.355. The molecule has 0 amide bonds. The Hall–Kier alpha value is -1.14. The van der Waals surface area contributed by atoms with E-state index < -0.39 is 5.97 Å². The zero-order valence-electron chi connectivity index (χ0n) is 8.18. The van der Waals surface area contributed by atoms with Crippen molar-refractivity contribution in [2.75, 3.05) is 0 Å². The second-order valence-electron chi connectivity index (χ2n) is 3.28. The first kappa shape index (κ1) is 11.3. The molecule has 2 aromatic heterocycles. The Kier molecular flexibility index (Phi) is 3.40. The molecule has 84 valence electrons. The number of rotatable bonds is 4. The second kappa shape index (κ2) is 4.80. The van der Waals surface area contributed by atoms with Crippen LogP contribution >= 0.6 is 27.3 Å². The second-order valence-corrected chi connectivity index (χ2v) is 5.12. The summed E-state index contributed by atoms with van der Waals surface area (Å²) in [5, 5.41) is 10.8. The molecule has 6 heteroatoms. The van der Waals surface area contributed by atoms with Crippen molar-refractivity contribution < 1.29 is 9.90 Å². The van der Waals surface area contributed by atoms with E-state index in [2.05, 4.69) is 25.9 Å². The predicted molar refractivity (Wildman–Crippen MR) is 64.7 cm³/mol. The Morgan fingerprint density at radius 1 is 1.69 bits per heavy atom. The number of thiophene rings is 1. The van der Waals surface area contributed by atoms with Crippen LogP contribution in [0.15, 0.2) is 28.3 Å². The summed E-state index contributed by atoms with van der Waals surface area (Å²) in [5.41, 5.74) is 0. The van der Waals surface area contributed by atoms with Gasteiger partial charge in [0.25, 0.3) is 0 Å². The van der Waals surface area contributed by atoms with E-state index in [0.29, 0.717) is 5.82 Å². The smallest absolute Gasteiger partial charge is 0.304 e. The zero-order valence-corrected chi connectivity index (χ0v) is 10.6. The maximum atomic E-state index is 10.8. The fourth-order valence-electron chi connectivity index (χ4n) is 1.49. The largest absolute Gasteiger partial charge is 0.481 e. The predicted octanol–water partition coefficient (Wildman–Crippen LogP) is 2.84. The Bertz CT molecular complexity index is 481. The number of aliphatic carboxylic acids is 1. The highest BCUT2D eigenvalue weighted by molar-refractivity contribution is 9.10. The monoisotopic (exact) mass is 300 g/mol. The van der Waals surface area contributed by atoms with Crippen molar-refractivity contribution >= 4 is 33.2 Å². The molecule has 0 saturated carbocycles. The van der Waals surface area contributed by atoms with Crippen molar-refractivity contribution in [2.24, 2.45) is 0 Å². The third-order valence-corrected chi connectivity index (χ3v) is 3.55. The van der Waals surface area contributed by atoms with Crippen LogP contribution in [0.25, 0.3) is 0 Å². The lowest BCUT2D eigenvalue weighted by Gasteiger charge is -2.09. The lowest BCUT2D eigenvalue weighted by atomic mass is 10.0. The molecule has 16 heavy (non-hydrogen) atoms. The molecule has 1 atom stereocenters. The van der Waals surface area contributed by atoms with Gasteiger partial charge in [0.1, 0.15) is 10.4 Å². The molecule has 0 aromatic carbocycles. The average Bonchev–Trinajstić information content (AvgIpc) is 2.84. The van der Waals surface area contributed by atoms with E-state index in [-0.39, 0.29) is 12.3 Å². The van der Waals surface area contributed by atoms with Gasteiger partial charge in [0.05, 0.1) is 18.5 Å². The first-order valence-electron chi connectivity index (χ1n) is 4.62. The molecule has 1 unspecified atom stereocenters. The van der Waals surface area contributed by atoms with E-state index in [9.17, 15) is 4.79 Å². The molecule has 0 aliphatic heterocycles. The Balaban J connectivity index is 2.31. The maximum absolute atomic E-state index is 10.8. The molecule has 4 nitrogen and oxygen atoms in total. The van der Waals surface area contributed by atoms with E-state index >= 15 is 0 Å². The van der Waals surface area contributed by atoms with Gasteiger partial charge in [0.2, 0.25) is 0 Å². The van der Waals surface area contributed by atoms with E-state index in [1.54, 1.807) is 6.20 Å². The van der Waals surface area contributed by atoms with E-state index in [0.717, 1.165) is 9.48 Å². The van der Waals surface area contributed by atoms with Crippen molar-refractivity contribution in [3.8, 4) is 0 Å². The number of hydrogen-bond donors (Lipinski definition) is 2. The topological polar surface area (TPSA) is 66.0 Å².